The Morgan fingerprint density at radius 3 is 2.83 bits per heavy atom. The van der Waals surface area contributed by atoms with E-state index in [2.05, 4.69) is 26.6 Å². The predicted octanol–water partition coefficient (Wildman–Crippen LogP) is 3.76. The van der Waals surface area contributed by atoms with Gasteiger partial charge in [0.25, 0.3) is 0 Å². The minimum Gasteiger partial charge on any atom is -0.444 e. The second-order valence-electron chi connectivity index (χ2n) is 5.30. The number of rotatable bonds is 1. The smallest absolute Gasteiger partial charge is 0.412 e. The van der Waals surface area contributed by atoms with Gasteiger partial charge >= 0.3 is 6.09 Å². The highest BCUT2D eigenvalue weighted by Gasteiger charge is 2.18. The van der Waals surface area contributed by atoms with Crippen LogP contribution in [0.25, 0.3) is 0 Å². The van der Waals surface area contributed by atoms with E-state index in [1.807, 2.05) is 32.9 Å². The molecule has 4 nitrogen and oxygen atoms in total. The van der Waals surface area contributed by atoms with Gasteiger partial charge in [-0.15, -0.1) is 0 Å². The van der Waals surface area contributed by atoms with Crippen molar-refractivity contribution in [2.24, 2.45) is 0 Å². The van der Waals surface area contributed by atoms with Crippen molar-refractivity contribution >= 4 is 33.4 Å². The van der Waals surface area contributed by atoms with E-state index in [1.54, 1.807) is 0 Å². The highest BCUT2D eigenvalue weighted by atomic mass is 79.9. The quantitative estimate of drug-likeness (QED) is 0.830. The molecule has 0 atom stereocenters. The monoisotopic (exact) mass is 312 g/mol. The number of hydrogen-bond donors (Lipinski definition) is 2. The number of nitrogens with one attached hydrogen (secondary N) is 2. The number of ether oxygens (including phenoxy) is 1. The van der Waals surface area contributed by atoms with Crippen LogP contribution in [0.1, 0.15) is 26.3 Å². The minimum absolute atomic E-state index is 0.430. The van der Waals surface area contributed by atoms with Crippen molar-refractivity contribution in [3.63, 3.8) is 0 Å². The van der Waals surface area contributed by atoms with E-state index in [1.165, 1.54) is 5.56 Å². The van der Waals surface area contributed by atoms with Gasteiger partial charge in [-0.3, -0.25) is 5.32 Å². The molecule has 18 heavy (non-hydrogen) atoms. The van der Waals surface area contributed by atoms with Gasteiger partial charge in [-0.05, 0) is 60.8 Å². The summed E-state index contributed by atoms with van der Waals surface area (Å²) in [4.78, 5) is 11.7. The third-order valence-corrected chi connectivity index (χ3v) is 3.14. The number of carbonyl (C=O) groups is 1. The van der Waals surface area contributed by atoms with E-state index in [4.69, 9.17) is 4.74 Å². The number of benzene rings is 1. The molecule has 1 aromatic rings. The van der Waals surface area contributed by atoms with Crippen LogP contribution in [0.3, 0.4) is 0 Å². The fourth-order valence-electron chi connectivity index (χ4n) is 1.87. The van der Waals surface area contributed by atoms with Crippen molar-refractivity contribution in [1.29, 1.82) is 0 Å². The third-order valence-electron chi connectivity index (χ3n) is 2.51. The summed E-state index contributed by atoms with van der Waals surface area (Å²) in [6, 6.07) is 3.85. The Balaban J connectivity index is 2.11. The molecule has 0 saturated carbocycles. The number of carbonyl (C=O) groups excluding carboxylic acids is 1. The maximum absolute atomic E-state index is 11.7. The van der Waals surface area contributed by atoms with Crippen molar-refractivity contribution < 1.29 is 9.53 Å². The van der Waals surface area contributed by atoms with Gasteiger partial charge in [0.05, 0.1) is 5.69 Å². The van der Waals surface area contributed by atoms with Crippen LogP contribution < -0.4 is 10.6 Å². The van der Waals surface area contributed by atoms with E-state index < -0.39 is 11.7 Å². The number of amides is 1. The third kappa shape index (κ3) is 3.16. The largest absolute Gasteiger partial charge is 0.444 e. The molecule has 1 aliphatic heterocycles. The highest BCUT2D eigenvalue weighted by molar-refractivity contribution is 9.10. The van der Waals surface area contributed by atoms with Crippen LogP contribution in [0.2, 0.25) is 0 Å². The molecule has 0 aliphatic carbocycles. The van der Waals surface area contributed by atoms with Gasteiger partial charge in [0.2, 0.25) is 0 Å². The molecule has 1 heterocycles. The SMILES string of the molecule is CC(C)(C)OC(=O)Nc1cc(Br)c2c(c1)CCN2. The fraction of sp³-hybridized carbons (Fsp3) is 0.462. The van der Waals surface area contributed by atoms with Gasteiger partial charge in [0.15, 0.2) is 0 Å². The number of anilines is 2. The molecule has 0 saturated heterocycles. The Kier molecular flexibility index (Phi) is 3.52. The Hall–Kier alpha value is -1.23. The first kappa shape index (κ1) is 13.2. The first-order valence-corrected chi connectivity index (χ1v) is 6.71. The topological polar surface area (TPSA) is 50.4 Å². The summed E-state index contributed by atoms with van der Waals surface area (Å²) in [5.74, 6) is 0. The summed E-state index contributed by atoms with van der Waals surface area (Å²) in [5.41, 5.74) is 2.58. The zero-order valence-electron chi connectivity index (χ0n) is 10.8. The highest BCUT2D eigenvalue weighted by Crippen LogP contribution is 2.34. The van der Waals surface area contributed by atoms with Crippen LogP contribution in [0.5, 0.6) is 0 Å². The lowest BCUT2D eigenvalue weighted by Crippen LogP contribution is -2.27. The summed E-state index contributed by atoms with van der Waals surface area (Å²) in [6.07, 6.45) is 0.540. The lowest BCUT2D eigenvalue weighted by molar-refractivity contribution is 0.0636. The van der Waals surface area contributed by atoms with Crippen molar-refractivity contribution in [2.75, 3.05) is 17.2 Å². The zero-order chi connectivity index (χ0) is 13.3. The molecule has 0 bridgehead atoms. The second-order valence-corrected chi connectivity index (χ2v) is 6.15. The maximum Gasteiger partial charge on any atom is 0.412 e. The standard InChI is InChI=1S/C13H17BrN2O2/c1-13(2,3)18-12(17)16-9-6-8-4-5-15-11(8)10(14)7-9/h6-7,15H,4-5H2,1-3H3,(H,16,17). The molecule has 0 aromatic heterocycles. The van der Waals surface area contributed by atoms with E-state index in [9.17, 15) is 4.79 Å². The second kappa shape index (κ2) is 4.80. The number of hydrogen-bond acceptors (Lipinski definition) is 3. The Bertz CT molecular complexity index is 481. The first-order chi connectivity index (χ1) is 8.35. The molecule has 5 heteroatoms. The normalized spacial score (nSPS) is 13.8. The Labute approximate surface area is 115 Å². The molecule has 0 fully saturated rings. The molecule has 2 N–H and O–H groups in total. The van der Waals surface area contributed by atoms with Crippen LogP contribution in [0.15, 0.2) is 16.6 Å². The fourth-order valence-corrected chi connectivity index (χ4v) is 2.52. The molecule has 2 rings (SSSR count). The van der Waals surface area contributed by atoms with Gasteiger partial charge in [-0.1, -0.05) is 0 Å². The molecule has 1 aromatic carbocycles. The van der Waals surface area contributed by atoms with Gasteiger partial charge < -0.3 is 10.1 Å². The number of halogens is 1. The summed E-state index contributed by atoms with van der Waals surface area (Å²) < 4.78 is 6.18. The lowest BCUT2D eigenvalue weighted by atomic mass is 10.1. The van der Waals surface area contributed by atoms with Crippen LogP contribution >= 0.6 is 15.9 Å². The first-order valence-electron chi connectivity index (χ1n) is 5.91. The maximum atomic E-state index is 11.7. The van der Waals surface area contributed by atoms with Gasteiger partial charge in [0.1, 0.15) is 5.60 Å². The average molecular weight is 313 g/mol. The average Bonchev–Trinajstić information content (AvgIpc) is 2.62. The molecular weight excluding hydrogens is 296 g/mol. The summed E-state index contributed by atoms with van der Waals surface area (Å²) in [5, 5.41) is 6.05. The van der Waals surface area contributed by atoms with Gasteiger partial charge in [-0.25, -0.2) is 4.79 Å². The summed E-state index contributed by atoms with van der Waals surface area (Å²) in [6.45, 7) is 6.46. The minimum atomic E-state index is -0.487. The van der Waals surface area contributed by atoms with Crippen LogP contribution in [-0.4, -0.2) is 18.2 Å². The van der Waals surface area contributed by atoms with Crippen molar-refractivity contribution in [3.05, 3.63) is 22.2 Å². The Morgan fingerprint density at radius 2 is 2.17 bits per heavy atom. The van der Waals surface area contributed by atoms with Crippen molar-refractivity contribution in [1.82, 2.24) is 0 Å². The Morgan fingerprint density at radius 1 is 1.44 bits per heavy atom. The van der Waals surface area contributed by atoms with E-state index in [0.717, 1.165) is 28.8 Å². The zero-order valence-corrected chi connectivity index (χ0v) is 12.3. The predicted molar refractivity (Wildman–Crippen MR) is 76.2 cm³/mol. The molecule has 98 valence electrons. The van der Waals surface area contributed by atoms with Crippen molar-refractivity contribution in [3.8, 4) is 0 Å². The van der Waals surface area contributed by atoms with E-state index >= 15 is 0 Å². The van der Waals surface area contributed by atoms with Crippen LogP contribution in [0.4, 0.5) is 16.2 Å². The molecular formula is C13H17BrN2O2. The van der Waals surface area contributed by atoms with Crippen LogP contribution in [-0.2, 0) is 11.2 Å². The molecule has 1 amide bonds. The van der Waals surface area contributed by atoms with Gasteiger partial charge in [0, 0.05) is 16.7 Å². The summed E-state index contributed by atoms with van der Waals surface area (Å²) >= 11 is 3.49. The van der Waals surface area contributed by atoms with Gasteiger partial charge in [-0.2, -0.15) is 0 Å². The molecule has 0 spiro atoms. The van der Waals surface area contributed by atoms with Crippen molar-refractivity contribution in [2.45, 2.75) is 32.8 Å². The lowest BCUT2D eigenvalue weighted by Gasteiger charge is -2.20. The number of fused-ring (bicyclic) bond motifs is 1. The summed E-state index contributed by atoms with van der Waals surface area (Å²) in [7, 11) is 0. The molecule has 0 radical (unpaired) electrons. The van der Waals surface area contributed by atoms with E-state index in [0.29, 0.717) is 0 Å². The van der Waals surface area contributed by atoms with E-state index in [-0.39, 0.29) is 0 Å². The molecule has 0 unspecified atom stereocenters. The molecule has 1 aliphatic rings. The van der Waals surface area contributed by atoms with Crippen LogP contribution in [0, 0.1) is 0 Å².